The normalized spacial score (nSPS) is 12.6. The van der Waals surface area contributed by atoms with Crippen LogP contribution in [-0.4, -0.2) is 11.6 Å². The standard InChI is InChI=1S/C20H10F2O3/c21-11-8-9-16(15(22)10-11)25-17-7-3-6-14-18(17)20(24)13-5-2-1-4-12(13)19(14)23/h1-10H. The van der Waals surface area contributed by atoms with Crippen molar-refractivity contribution >= 4 is 11.6 Å². The summed E-state index contributed by atoms with van der Waals surface area (Å²) >= 11 is 0. The molecule has 122 valence electrons. The van der Waals surface area contributed by atoms with Crippen LogP contribution in [0.4, 0.5) is 8.78 Å². The van der Waals surface area contributed by atoms with Crippen LogP contribution in [-0.2, 0) is 0 Å². The zero-order valence-corrected chi connectivity index (χ0v) is 12.8. The van der Waals surface area contributed by atoms with E-state index >= 15 is 0 Å². The van der Waals surface area contributed by atoms with Gasteiger partial charge >= 0.3 is 0 Å². The molecule has 0 aliphatic heterocycles. The van der Waals surface area contributed by atoms with Gasteiger partial charge in [0.2, 0.25) is 0 Å². The number of halogens is 2. The molecule has 5 heteroatoms. The van der Waals surface area contributed by atoms with Crippen LogP contribution < -0.4 is 4.74 Å². The van der Waals surface area contributed by atoms with E-state index in [2.05, 4.69) is 0 Å². The average Bonchev–Trinajstić information content (AvgIpc) is 2.62. The Kier molecular flexibility index (Phi) is 3.42. The molecule has 0 radical (unpaired) electrons. The first kappa shape index (κ1) is 15.2. The van der Waals surface area contributed by atoms with Gasteiger partial charge in [-0.2, -0.15) is 0 Å². The molecule has 0 unspecified atom stereocenters. The summed E-state index contributed by atoms with van der Waals surface area (Å²) in [7, 11) is 0. The highest BCUT2D eigenvalue weighted by Crippen LogP contribution is 2.36. The molecule has 0 bridgehead atoms. The topological polar surface area (TPSA) is 43.4 Å². The summed E-state index contributed by atoms with van der Waals surface area (Å²) in [5, 5.41) is 0. The van der Waals surface area contributed by atoms with Crippen molar-refractivity contribution in [3.05, 3.63) is 94.6 Å². The Morgan fingerprint density at radius 1 is 0.680 bits per heavy atom. The van der Waals surface area contributed by atoms with E-state index in [9.17, 15) is 18.4 Å². The van der Waals surface area contributed by atoms with E-state index in [0.29, 0.717) is 11.6 Å². The number of carbonyl (C=O) groups excluding carboxylic acids is 2. The quantitative estimate of drug-likeness (QED) is 0.540. The molecule has 0 saturated heterocycles. The van der Waals surface area contributed by atoms with Crippen LogP contribution in [0.15, 0.2) is 60.7 Å². The molecular weight excluding hydrogens is 326 g/mol. The first-order valence-electron chi connectivity index (χ1n) is 7.50. The van der Waals surface area contributed by atoms with Gasteiger partial charge in [0, 0.05) is 22.8 Å². The lowest BCUT2D eigenvalue weighted by Crippen LogP contribution is -2.21. The molecule has 0 spiro atoms. The monoisotopic (exact) mass is 336 g/mol. The van der Waals surface area contributed by atoms with Crippen molar-refractivity contribution in [1.29, 1.82) is 0 Å². The number of fused-ring (bicyclic) bond motifs is 2. The summed E-state index contributed by atoms with van der Waals surface area (Å²) in [6.45, 7) is 0. The maximum Gasteiger partial charge on any atom is 0.198 e. The zero-order valence-electron chi connectivity index (χ0n) is 12.8. The second kappa shape index (κ2) is 5.63. The summed E-state index contributed by atoms with van der Waals surface area (Å²) in [5.41, 5.74) is 0.874. The van der Waals surface area contributed by atoms with E-state index in [1.54, 1.807) is 30.3 Å². The molecule has 0 saturated carbocycles. The molecule has 0 amide bonds. The molecule has 0 N–H and O–H groups in total. The lowest BCUT2D eigenvalue weighted by Gasteiger charge is -2.20. The molecule has 0 atom stereocenters. The molecule has 3 nitrogen and oxygen atoms in total. The Balaban J connectivity index is 1.85. The molecular formula is C20H10F2O3. The number of rotatable bonds is 2. The zero-order chi connectivity index (χ0) is 17.6. The van der Waals surface area contributed by atoms with Crippen LogP contribution in [0.2, 0.25) is 0 Å². The number of ether oxygens (including phenoxy) is 1. The van der Waals surface area contributed by atoms with Gasteiger partial charge < -0.3 is 4.74 Å². The fraction of sp³-hybridized carbons (Fsp3) is 0. The van der Waals surface area contributed by atoms with Crippen LogP contribution >= 0.6 is 0 Å². The second-order valence-corrected chi connectivity index (χ2v) is 5.56. The minimum Gasteiger partial charge on any atom is -0.453 e. The van der Waals surface area contributed by atoms with Crippen LogP contribution in [0.5, 0.6) is 11.5 Å². The van der Waals surface area contributed by atoms with Gasteiger partial charge in [-0.3, -0.25) is 9.59 Å². The van der Waals surface area contributed by atoms with Crippen LogP contribution in [0, 0.1) is 11.6 Å². The van der Waals surface area contributed by atoms with Crippen molar-refractivity contribution in [2.75, 3.05) is 0 Å². The summed E-state index contributed by atoms with van der Waals surface area (Å²) < 4.78 is 32.4. The summed E-state index contributed by atoms with van der Waals surface area (Å²) in [6, 6.07) is 13.9. The molecule has 3 aromatic carbocycles. The third-order valence-corrected chi connectivity index (χ3v) is 4.03. The van der Waals surface area contributed by atoms with Crippen LogP contribution in [0.1, 0.15) is 31.8 Å². The predicted molar refractivity (Wildman–Crippen MR) is 86.2 cm³/mol. The lowest BCUT2D eigenvalue weighted by molar-refractivity contribution is 0.0977. The number of hydrogen-bond acceptors (Lipinski definition) is 3. The van der Waals surface area contributed by atoms with E-state index in [0.717, 1.165) is 12.1 Å². The minimum atomic E-state index is -0.896. The van der Waals surface area contributed by atoms with Crippen LogP contribution in [0.25, 0.3) is 0 Å². The molecule has 1 aliphatic rings. The molecule has 0 fully saturated rings. The molecule has 25 heavy (non-hydrogen) atoms. The Morgan fingerprint density at radius 3 is 2.08 bits per heavy atom. The van der Waals surface area contributed by atoms with Crippen LogP contribution in [0.3, 0.4) is 0 Å². The Hall–Kier alpha value is -3.34. The smallest absolute Gasteiger partial charge is 0.198 e. The lowest BCUT2D eigenvalue weighted by atomic mass is 9.83. The van der Waals surface area contributed by atoms with Gasteiger partial charge in [-0.15, -0.1) is 0 Å². The first-order valence-corrected chi connectivity index (χ1v) is 7.50. The van der Waals surface area contributed by atoms with Gasteiger partial charge in [-0.05, 0) is 18.2 Å². The van der Waals surface area contributed by atoms with E-state index in [-0.39, 0.29) is 39.8 Å². The predicted octanol–water partition coefficient (Wildman–Crippen LogP) is 4.53. The Bertz CT molecular complexity index is 1040. The van der Waals surface area contributed by atoms with Gasteiger partial charge in [0.1, 0.15) is 11.6 Å². The van der Waals surface area contributed by atoms with Crippen molar-refractivity contribution in [3.63, 3.8) is 0 Å². The molecule has 3 aromatic rings. The Labute approximate surface area is 141 Å². The fourth-order valence-electron chi connectivity index (χ4n) is 2.87. The van der Waals surface area contributed by atoms with Gasteiger partial charge in [0.25, 0.3) is 0 Å². The largest absolute Gasteiger partial charge is 0.453 e. The molecule has 1 aliphatic carbocycles. The molecule has 0 aromatic heterocycles. The minimum absolute atomic E-state index is 0.0517. The fourth-order valence-corrected chi connectivity index (χ4v) is 2.87. The number of hydrogen-bond donors (Lipinski definition) is 0. The van der Waals surface area contributed by atoms with Crippen molar-refractivity contribution in [2.45, 2.75) is 0 Å². The third-order valence-electron chi connectivity index (χ3n) is 4.03. The van der Waals surface area contributed by atoms with E-state index in [1.807, 2.05) is 0 Å². The maximum atomic E-state index is 13.9. The number of ketones is 2. The van der Waals surface area contributed by atoms with E-state index < -0.39 is 11.6 Å². The van der Waals surface area contributed by atoms with Gasteiger partial charge in [0.15, 0.2) is 23.1 Å². The number of carbonyl (C=O) groups is 2. The van der Waals surface area contributed by atoms with E-state index in [1.165, 1.54) is 12.1 Å². The molecule has 4 rings (SSSR count). The highest BCUT2D eigenvalue weighted by molar-refractivity contribution is 6.29. The third kappa shape index (κ3) is 2.41. The van der Waals surface area contributed by atoms with Gasteiger partial charge in [0.05, 0.1) is 5.56 Å². The maximum absolute atomic E-state index is 13.9. The second-order valence-electron chi connectivity index (χ2n) is 5.56. The van der Waals surface area contributed by atoms with Crippen molar-refractivity contribution < 1.29 is 23.1 Å². The highest BCUT2D eigenvalue weighted by atomic mass is 19.1. The first-order chi connectivity index (χ1) is 12.1. The summed E-state index contributed by atoms with van der Waals surface area (Å²) in [4.78, 5) is 25.5. The molecule has 0 heterocycles. The van der Waals surface area contributed by atoms with E-state index in [4.69, 9.17) is 4.74 Å². The SMILES string of the molecule is O=C1c2ccccc2C(=O)c2c(Oc3ccc(F)cc3F)cccc21. The van der Waals surface area contributed by atoms with Gasteiger partial charge in [-0.25, -0.2) is 8.78 Å². The van der Waals surface area contributed by atoms with Crippen molar-refractivity contribution in [2.24, 2.45) is 0 Å². The van der Waals surface area contributed by atoms with Gasteiger partial charge in [-0.1, -0.05) is 36.4 Å². The number of benzene rings is 3. The summed E-state index contributed by atoms with van der Waals surface area (Å²) in [6.07, 6.45) is 0. The average molecular weight is 336 g/mol. The Morgan fingerprint density at radius 2 is 1.36 bits per heavy atom. The van der Waals surface area contributed by atoms with Crippen molar-refractivity contribution in [1.82, 2.24) is 0 Å². The summed E-state index contributed by atoms with van der Waals surface area (Å²) in [5.74, 6) is -2.48. The van der Waals surface area contributed by atoms with Crippen molar-refractivity contribution in [3.8, 4) is 11.5 Å². The highest BCUT2D eigenvalue weighted by Gasteiger charge is 2.32.